The smallest absolute Gasteiger partial charge is 0.318 e. The van der Waals surface area contributed by atoms with E-state index >= 15 is 0 Å². The molecule has 2 amide bonds. The molecule has 1 aliphatic heterocycles. The number of nitrogens with zero attached hydrogens (tertiary/aromatic N) is 4. The third kappa shape index (κ3) is 4.36. The number of para-hydroxylation sites is 1. The predicted molar refractivity (Wildman–Crippen MR) is 141 cm³/mol. The highest BCUT2D eigenvalue weighted by atomic mass is 32.2. The fourth-order valence-electron chi connectivity index (χ4n) is 4.68. The number of hydrogen-bond acceptors (Lipinski definition) is 3. The first-order chi connectivity index (χ1) is 17.0. The quantitative estimate of drug-likeness (QED) is 0.355. The maximum atomic E-state index is 13.7. The summed E-state index contributed by atoms with van der Waals surface area (Å²) in [6.45, 7) is 7.34. The lowest BCUT2D eigenvalue weighted by Crippen LogP contribution is -2.43. The van der Waals surface area contributed by atoms with Crippen molar-refractivity contribution < 1.29 is 4.79 Å². The second-order valence-electron chi connectivity index (χ2n) is 9.32. The Bertz CT molecular complexity index is 1320. The van der Waals surface area contributed by atoms with Crippen LogP contribution in [0.2, 0.25) is 0 Å². The number of carbonyl (C=O) groups is 1. The molecule has 1 unspecified atom stereocenters. The van der Waals surface area contributed by atoms with Crippen molar-refractivity contribution in [3.05, 3.63) is 95.4 Å². The standard InChI is InChI=1S/C28H31N5OS/c1-19(2)17-29-28(34)32-18-24-20(3)30-33(22-9-6-5-7-10-22)27(24)31-16-8-11-25(31)26(32)21-12-14-23(35-4)15-13-21/h5-16,19,26H,17-18H2,1-4H3,(H,29,34). The van der Waals surface area contributed by atoms with Crippen LogP contribution in [0.1, 0.15) is 42.4 Å². The zero-order chi connectivity index (χ0) is 24.5. The van der Waals surface area contributed by atoms with Gasteiger partial charge in [-0.15, -0.1) is 11.8 Å². The van der Waals surface area contributed by atoms with Gasteiger partial charge in [-0.25, -0.2) is 9.48 Å². The van der Waals surface area contributed by atoms with Crippen LogP contribution in [-0.4, -0.2) is 38.1 Å². The van der Waals surface area contributed by atoms with Crippen molar-refractivity contribution in [3.63, 3.8) is 0 Å². The molecule has 0 fully saturated rings. The Balaban J connectivity index is 1.69. The van der Waals surface area contributed by atoms with Gasteiger partial charge in [0, 0.05) is 23.2 Å². The lowest BCUT2D eigenvalue weighted by Gasteiger charge is -2.31. The number of rotatable bonds is 5. The van der Waals surface area contributed by atoms with E-state index in [0.717, 1.165) is 34.0 Å². The van der Waals surface area contributed by atoms with E-state index in [1.165, 1.54) is 4.90 Å². The number of amides is 2. The van der Waals surface area contributed by atoms with Gasteiger partial charge in [-0.05, 0) is 61.1 Å². The van der Waals surface area contributed by atoms with Gasteiger partial charge in [0.25, 0.3) is 0 Å². The third-order valence-corrected chi connectivity index (χ3v) is 7.18. The molecule has 1 atom stereocenters. The second-order valence-corrected chi connectivity index (χ2v) is 10.2. The zero-order valence-electron chi connectivity index (χ0n) is 20.6. The number of aryl methyl sites for hydroxylation is 1. The van der Waals surface area contributed by atoms with Crippen molar-refractivity contribution in [2.75, 3.05) is 12.8 Å². The number of carbonyl (C=O) groups excluding carboxylic acids is 1. The van der Waals surface area contributed by atoms with E-state index in [2.05, 4.69) is 84.7 Å². The van der Waals surface area contributed by atoms with Crippen molar-refractivity contribution in [3.8, 4) is 11.5 Å². The molecule has 2 aromatic heterocycles. The first-order valence-electron chi connectivity index (χ1n) is 12.0. The molecule has 5 rings (SSSR count). The third-order valence-electron chi connectivity index (χ3n) is 6.44. The van der Waals surface area contributed by atoms with Gasteiger partial charge in [0.2, 0.25) is 0 Å². The van der Waals surface area contributed by atoms with Gasteiger partial charge in [0.15, 0.2) is 0 Å². The van der Waals surface area contributed by atoms with Crippen molar-refractivity contribution >= 4 is 17.8 Å². The average Bonchev–Trinajstić information content (AvgIpc) is 3.43. The van der Waals surface area contributed by atoms with Crippen LogP contribution in [0.4, 0.5) is 4.79 Å². The van der Waals surface area contributed by atoms with E-state index in [1.54, 1.807) is 11.8 Å². The molecule has 0 spiro atoms. The van der Waals surface area contributed by atoms with Crippen LogP contribution in [0, 0.1) is 12.8 Å². The topological polar surface area (TPSA) is 55.1 Å². The number of nitrogens with one attached hydrogen (secondary N) is 1. The van der Waals surface area contributed by atoms with Crippen LogP contribution in [0.3, 0.4) is 0 Å². The minimum absolute atomic E-state index is 0.0647. The second kappa shape index (κ2) is 9.66. The molecule has 0 saturated heterocycles. The summed E-state index contributed by atoms with van der Waals surface area (Å²) in [6.07, 6.45) is 4.15. The molecular weight excluding hydrogens is 454 g/mol. The van der Waals surface area contributed by atoms with Crippen molar-refractivity contribution in [2.45, 2.75) is 38.3 Å². The highest BCUT2D eigenvalue weighted by molar-refractivity contribution is 7.98. The Kier molecular flexibility index (Phi) is 6.43. The summed E-state index contributed by atoms with van der Waals surface area (Å²) in [5, 5.41) is 8.07. The number of fused-ring (bicyclic) bond motifs is 3. The minimum atomic E-state index is -0.232. The summed E-state index contributed by atoms with van der Waals surface area (Å²) >= 11 is 1.72. The molecule has 0 bridgehead atoms. The van der Waals surface area contributed by atoms with E-state index in [4.69, 9.17) is 5.10 Å². The summed E-state index contributed by atoms with van der Waals surface area (Å²) < 4.78 is 4.20. The van der Waals surface area contributed by atoms with Gasteiger partial charge in [0.05, 0.1) is 29.7 Å². The normalized spacial score (nSPS) is 15.0. The summed E-state index contributed by atoms with van der Waals surface area (Å²) in [5.74, 6) is 1.35. The molecule has 2 aromatic carbocycles. The van der Waals surface area contributed by atoms with E-state index in [0.29, 0.717) is 19.0 Å². The lowest BCUT2D eigenvalue weighted by molar-refractivity contribution is 0.179. The first-order valence-corrected chi connectivity index (χ1v) is 13.2. The highest BCUT2D eigenvalue weighted by Gasteiger charge is 2.35. The summed E-state index contributed by atoms with van der Waals surface area (Å²) in [6, 6.07) is 22.6. The molecule has 0 saturated carbocycles. The Morgan fingerprint density at radius 1 is 1.09 bits per heavy atom. The number of benzene rings is 2. The lowest BCUT2D eigenvalue weighted by atomic mass is 10.0. The van der Waals surface area contributed by atoms with Crippen molar-refractivity contribution in [1.29, 1.82) is 0 Å². The molecule has 180 valence electrons. The molecule has 35 heavy (non-hydrogen) atoms. The maximum Gasteiger partial charge on any atom is 0.318 e. The number of urea groups is 1. The maximum absolute atomic E-state index is 13.7. The summed E-state index contributed by atoms with van der Waals surface area (Å²) in [5.41, 5.74) is 5.09. The average molecular weight is 486 g/mol. The van der Waals surface area contributed by atoms with Crippen LogP contribution in [-0.2, 0) is 6.54 Å². The summed E-state index contributed by atoms with van der Waals surface area (Å²) in [7, 11) is 0. The molecule has 0 aliphatic carbocycles. The van der Waals surface area contributed by atoms with Gasteiger partial charge < -0.3 is 14.8 Å². The van der Waals surface area contributed by atoms with E-state index in [1.807, 2.05) is 34.7 Å². The highest BCUT2D eigenvalue weighted by Crippen LogP contribution is 2.38. The van der Waals surface area contributed by atoms with Crippen molar-refractivity contribution in [1.82, 2.24) is 24.6 Å². The van der Waals surface area contributed by atoms with Gasteiger partial charge in [0.1, 0.15) is 5.82 Å². The molecule has 3 heterocycles. The van der Waals surface area contributed by atoms with E-state index in [9.17, 15) is 4.79 Å². The molecular formula is C28H31N5OS. The fourth-order valence-corrected chi connectivity index (χ4v) is 5.09. The van der Waals surface area contributed by atoms with Gasteiger partial charge >= 0.3 is 6.03 Å². The van der Waals surface area contributed by atoms with E-state index < -0.39 is 0 Å². The van der Waals surface area contributed by atoms with Gasteiger partial charge in [-0.3, -0.25) is 0 Å². The van der Waals surface area contributed by atoms with Crippen molar-refractivity contribution in [2.24, 2.45) is 5.92 Å². The van der Waals surface area contributed by atoms with Crippen LogP contribution in [0.5, 0.6) is 0 Å². The van der Waals surface area contributed by atoms with Gasteiger partial charge in [-0.1, -0.05) is 44.2 Å². The van der Waals surface area contributed by atoms with Crippen LogP contribution in [0.25, 0.3) is 11.5 Å². The van der Waals surface area contributed by atoms with Gasteiger partial charge in [-0.2, -0.15) is 5.10 Å². The molecule has 0 radical (unpaired) electrons. The SMILES string of the molecule is CSc1ccc(C2c3cccn3-c3c(c(C)nn3-c3ccccc3)CN2C(=O)NCC(C)C)cc1. The minimum Gasteiger partial charge on any atom is -0.338 e. The van der Waals surface area contributed by atoms with Crippen LogP contribution in [0.15, 0.2) is 77.8 Å². The van der Waals surface area contributed by atoms with Crippen LogP contribution >= 0.6 is 11.8 Å². The Morgan fingerprint density at radius 3 is 2.51 bits per heavy atom. The molecule has 7 heteroatoms. The summed E-state index contributed by atoms with van der Waals surface area (Å²) in [4.78, 5) is 16.8. The number of aromatic nitrogens is 3. The van der Waals surface area contributed by atoms with E-state index in [-0.39, 0.29) is 12.1 Å². The molecule has 6 nitrogen and oxygen atoms in total. The molecule has 4 aromatic rings. The van der Waals surface area contributed by atoms with Crippen LogP contribution < -0.4 is 5.32 Å². The molecule has 1 aliphatic rings. The number of hydrogen-bond donors (Lipinski definition) is 1. The predicted octanol–water partition coefficient (Wildman–Crippen LogP) is 5.96. The number of thioether (sulfide) groups is 1. The Labute approximate surface area is 211 Å². The zero-order valence-corrected chi connectivity index (χ0v) is 21.4. The Morgan fingerprint density at radius 2 is 1.83 bits per heavy atom. The Hall–Kier alpha value is -3.45. The largest absolute Gasteiger partial charge is 0.338 e. The first kappa shape index (κ1) is 23.3. The fraction of sp³-hybridized carbons (Fsp3) is 0.286. The molecule has 1 N–H and O–H groups in total. The monoisotopic (exact) mass is 485 g/mol.